The Kier molecular flexibility index (Phi) is 47.2. The topological polar surface area (TPSA) is 37.3 Å². The first-order chi connectivity index (χ1) is 20.8. The summed E-state index contributed by atoms with van der Waals surface area (Å²) in [7, 11) is 0. The third-order valence-corrected chi connectivity index (χ3v) is 20.2. The van der Waals surface area contributed by atoms with Gasteiger partial charge in [0.1, 0.15) is 0 Å². The van der Waals surface area contributed by atoms with Gasteiger partial charge in [0.2, 0.25) is 0 Å². The lowest BCUT2D eigenvalue weighted by atomic mass is 10.8. The monoisotopic (exact) mass is 826 g/mol. The standard InChI is InChI=1S/C27H54O2S13/c1-30-2-3-31-4-5-32-6-7-33-8-9-34-10-11-35-12-13-36-14-15-37-16-17-38-18-19-39-20-21-40-22-23-41-24-25-42-26-27(28)29/h2-26H2,1H3,(H,28,29). The van der Waals surface area contributed by atoms with Crippen LogP contribution in [-0.2, 0) is 4.79 Å². The van der Waals surface area contributed by atoms with Gasteiger partial charge in [-0.1, -0.05) is 0 Å². The van der Waals surface area contributed by atoms with Crippen LogP contribution in [0, 0.1) is 0 Å². The summed E-state index contributed by atoms with van der Waals surface area (Å²) in [6.45, 7) is 0. The summed E-state index contributed by atoms with van der Waals surface area (Å²) in [5, 5.41) is 8.60. The van der Waals surface area contributed by atoms with Crippen molar-refractivity contribution in [2.45, 2.75) is 0 Å². The van der Waals surface area contributed by atoms with Gasteiger partial charge in [-0.05, 0) is 6.26 Å². The van der Waals surface area contributed by atoms with Gasteiger partial charge in [-0.15, -0.1) is 11.8 Å². The lowest BCUT2D eigenvalue weighted by molar-refractivity contribution is -0.133. The fourth-order valence-electron chi connectivity index (χ4n) is 2.72. The summed E-state index contributed by atoms with van der Waals surface area (Å²) in [4.78, 5) is 10.4. The molecule has 0 saturated heterocycles. The molecule has 0 amide bonds. The van der Waals surface area contributed by atoms with Gasteiger partial charge in [0.15, 0.2) is 0 Å². The number of carboxylic acid groups (broad SMARTS) is 1. The summed E-state index contributed by atoms with van der Waals surface area (Å²) in [6.07, 6.45) is 2.19. The number of carbonyl (C=O) groups is 1. The number of aliphatic carboxylic acids is 1. The van der Waals surface area contributed by atoms with E-state index in [0.29, 0.717) is 0 Å². The molecule has 0 saturated carbocycles. The summed E-state index contributed by atoms with van der Waals surface area (Å²) in [6, 6.07) is 0. The Morgan fingerprint density at radius 1 is 0.333 bits per heavy atom. The van der Waals surface area contributed by atoms with Crippen LogP contribution in [0.1, 0.15) is 0 Å². The van der Waals surface area contributed by atoms with Crippen LogP contribution in [0.4, 0.5) is 0 Å². The Labute approximate surface area is 315 Å². The maximum Gasteiger partial charge on any atom is 0.313 e. The minimum atomic E-state index is -0.705. The lowest BCUT2D eigenvalue weighted by Crippen LogP contribution is -2.00. The molecule has 0 aliphatic rings. The van der Waals surface area contributed by atoms with E-state index < -0.39 is 5.97 Å². The molecule has 0 radical (unpaired) electrons. The maximum absolute atomic E-state index is 10.4. The van der Waals surface area contributed by atoms with Crippen LogP contribution in [0.15, 0.2) is 0 Å². The van der Waals surface area contributed by atoms with Crippen LogP contribution in [-0.4, -0.2) is 161 Å². The van der Waals surface area contributed by atoms with Crippen LogP contribution in [0.3, 0.4) is 0 Å². The third-order valence-electron chi connectivity index (χ3n) is 4.75. The SMILES string of the molecule is CSCCSCCSCCSCCSCCSCCSCCSCCSCCSCCSCCSCCSCC(=O)O. The molecule has 0 aromatic rings. The van der Waals surface area contributed by atoms with Crippen molar-refractivity contribution in [3.63, 3.8) is 0 Å². The van der Waals surface area contributed by atoms with E-state index in [0.717, 1.165) is 11.5 Å². The number of hydrogen-bond donors (Lipinski definition) is 1. The molecule has 0 aromatic carbocycles. The van der Waals surface area contributed by atoms with Gasteiger partial charge in [0.05, 0.1) is 5.75 Å². The Morgan fingerprint density at radius 3 is 0.667 bits per heavy atom. The van der Waals surface area contributed by atoms with E-state index in [1.54, 1.807) is 0 Å². The molecule has 0 aliphatic carbocycles. The molecule has 42 heavy (non-hydrogen) atoms. The second-order valence-electron chi connectivity index (χ2n) is 8.18. The molecular weight excluding hydrogens is 773 g/mol. The fourth-order valence-corrected chi connectivity index (χ4v) is 16.8. The normalized spacial score (nSPS) is 11.5. The summed E-state index contributed by atoms with van der Waals surface area (Å²) >= 11 is 26.6. The van der Waals surface area contributed by atoms with E-state index >= 15 is 0 Å². The van der Waals surface area contributed by atoms with Gasteiger partial charge < -0.3 is 5.11 Å². The largest absolute Gasteiger partial charge is 0.481 e. The van der Waals surface area contributed by atoms with Gasteiger partial charge in [-0.3, -0.25) is 4.79 Å². The van der Waals surface area contributed by atoms with Crippen molar-refractivity contribution in [2.75, 3.05) is 150 Å². The minimum absolute atomic E-state index is 0.236. The van der Waals surface area contributed by atoms with Gasteiger partial charge >= 0.3 is 5.97 Å². The molecule has 1 N–H and O–H groups in total. The van der Waals surface area contributed by atoms with Crippen LogP contribution in [0.2, 0.25) is 0 Å². The van der Waals surface area contributed by atoms with E-state index in [-0.39, 0.29) is 5.75 Å². The molecule has 0 rings (SSSR count). The van der Waals surface area contributed by atoms with Crippen LogP contribution in [0.5, 0.6) is 0 Å². The fraction of sp³-hybridized carbons (Fsp3) is 0.963. The summed E-state index contributed by atoms with van der Waals surface area (Å²) < 4.78 is 0. The molecule has 2 nitrogen and oxygen atoms in total. The average Bonchev–Trinajstić information content (AvgIpc) is 2.98. The molecule has 0 spiro atoms. The Hall–Kier alpha value is 4.02. The number of hydrogen-bond acceptors (Lipinski definition) is 14. The number of carboxylic acids is 1. The van der Waals surface area contributed by atoms with Gasteiger partial charge in [-0.25, -0.2) is 0 Å². The smallest absolute Gasteiger partial charge is 0.313 e. The first-order valence-electron chi connectivity index (χ1n) is 14.4. The zero-order chi connectivity index (χ0) is 30.4. The highest BCUT2D eigenvalue weighted by molar-refractivity contribution is 8.08. The molecule has 0 unspecified atom stereocenters. The lowest BCUT2D eigenvalue weighted by Gasteiger charge is -2.05. The molecule has 0 aliphatic heterocycles. The van der Waals surface area contributed by atoms with Crippen molar-refractivity contribution in [2.24, 2.45) is 0 Å². The number of rotatable bonds is 38. The van der Waals surface area contributed by atoms with Crippen molar-refractivity contribution < 1.29 is 9.90 Å². The van der Waals surface area contributed by atoms with Crippen molar-refractivity contribution in [3.8, 4) is 0 Å². The van der Waals surface area contributed by atoms with Gasteiger partial charge in [0.25, 0.3) is 0 Å². The quantitative estimate of drug-likeness (QED) is 0.0601. The molecule has 252 valence electrons. The van der Waals surface area contributed by atoms with Crippen molar-refractivity contribution in [3.05, 3.63) is 0 Å². The van der Waals surface area contributed by atoms with Crippen LogP contribution < -0.4 is 0 Å². The predicted octanol–water partition coefficient (Wildman–Crippen LogP) is 9.23. The van der Waals surface area contributed by atoms with Crippen molar-refractivity contribution in [1.82, 2.24) is 0 Å². The zero-order valence-electron chi connectivity index (χ0n) is 25.3. The van der Waals surface area contributed by atoms with Crippen molar-refractivity contribution in [1.29, 1.82) is 0 Å². The highest BCUT2D eigenvalue weighted by Gasteiger charge is 1.99. The summed E-state index contributed by atoms with van der Waals surface area (Å²) in [5.74, 6) is 30.1. The van der Waals surface area contributed by atoms with E-state index in [1.807, 2.05) is 23.5 Å². The molecule has 0 fully saturated rings. The average molecular weight is 828 g/mol. The zero-order valence-corrected chi connectivity index (χ0v) is 36.0. The first-order valence-corrected chi connectivity index (χ1v) is 29.7. The van der Waals surface area contributed by atoms with Crippen molar-refractivity contribution >= 4 is 159 Å². The molecule has 0 aromatic heterocycles. The van der Waals surface area contributed by atoms with E-state index in [2.05, 4.69) is 124 Å². The van der Waals surface area contributed by atoms with Gasteiger partial charge in [0, 0.05) is 138 Å². The number of thioether (sulfide) groups is 13. The maximum atomic E-state index is 10.4. The second-order valence-corrected chi connectivity index (χ2v) is 23.7. The predicted molar refractivity (Wildman–Crippen MR) is 234 cm³/mol. The Balaban J connectivity index is 3.03. The Bertz CT molecular complexity index is 524. The highest BCUT2D eigenvalue weighted by atomic mass is 32.2. The molecular formula is C27H54O2S13. The molecule has 0 bridgehead atoms. The van der Waals surface area contributed by atoms with Gasteiger partial charge in [-0.2, -0.15) is 141 Å². The Morgan fingerprint density at radius 2 is 0.500 bits per heavy atom. The second kappa shape index (κ2) is 43.0. The molecule has 0 atom stereocenters. The third kappa shape index (κ3) is 44.0. The molecule has 0 heterocycles. The van der Waals surface area contributed by atoms with E-state index in [9.17, 15) is 4.79 Å². The first kappa shape index (κ1) is 46.0. The van der Waals surface area contributed by atoms with Crippen LogP contribution >= 0.6 is 153 Å². The van der Waals surface area contributed by atoms with Crippen LogP contribution in [0.25, 0.3) is 0 Å². The molecule has 15 heteroatoms. The minimum Gasteiger partial charge on any atom is -0.481 e. The highest BCUT2D eigenvalue weighted by Crippen LogP contribution is 2.17. The summed E-state index contributed by atoms with van der Waals surface area (Å²) in [5.41, 5.74) is 0. The van der Waals surface area contributed by atoms with E-state index in [4.69, 9.17) is 5.11 Å². The van der Waals surface area contributed by atoms with E-state index in [1.165, 1.54) is 138 Å².